The maximum Gasteiger partial charge on any atom is 0.255 e. The molecule has 0 aliphatic carbocycles. The summed E-state index contributed by atoms with van der Waals surface area (Å²) in [6, 6.07) is 4.91. The molecular formula is C11H14N4O3. The highest BCUT2D eigenvalue weighted by atomic mass is 16.5. The third-order valence-electron chi connectivity index (χ3n) is 2.21. The third kappa shape index (κ3) is 3.57. The van der Waals surface area contributed by atoms with Crippen LogP contribution in [0.25, 0.3) is 10.4 Å². The van der Waals surface area contributed by atoms with E-state index in [9.17, 15) is 4.79 Å². The molecule has 0 unspecified atom stereocenters. The van der Waals surface area contributed by atoms with Crippen LogP contribution in [-0.2, 0) is 0 Å². The smallest absolute Gasteiger partial charge is 0.255 e. The maximum atomic E-state index is 11.8. The molecule has 0 atom stereocenters. The fourth-order valence-electron chi connectivity index (χ4n) is 1.35. The molecule has 0 bridgehead atoms. The fourth-order valence-corrected chi connectivity index (χ4v) is 1.35. The summed E-state index contributed by atoms with van der Waals surface area (Å²) in [6.45, 7) is 0.485. The van der Waals surface area contributed by atoms with Crippen molar-refractivity contribution in [2.75, 3.05) is 27.3 Å². The van der Waals surface area contributed by atoms with Gasteiger partial charge in [-0.15, -0.1) is 0 Å². The number of nitrogens with zero attached hydrogens (tertiary/aromatic N) is 3. The Labute approximate surface area is 104 Å². The van der Waals surface area contributed by atoms with Crippen molar-refractivity contribution >= 4 is 5.91 Å². The molecule has 0 radical (unpaired) electrons. The molecule has 0 heterocycles. The van der Waals surface area contributed by atoms with Crippen LogP contribution in [-0.4, -0.2) is 33.2 Å². The van der Waals surface area contributed by atoms with E-state index in [-0.39, 0.29) is 19.0 Å². The minimum Gasteiger partial charge on any atom is -0.497 e. The number of carbonyl (C=O) groups is 1. The molecule has 1 amide bonds. The molecule has 0 saturated carbocycles. The van der Waals surface area contributed by atoms with Crippen LogP contribution >= 0.6 is 0 Å². The third-order valence-corrected chi connectivity index (χ3v) is 2.21. The number of hydrogen-bond acceptors (Lipinski definition) is 4. The Morgan fingerprint density at radius 3 is 2.83 bits per heavy atom. The average Bonchev–Trinajstić information content (AvgIpc) is 2.42. The van der Waals surface area contributed by atoms with Gasteiger partial charge in [0, 0.05) is 24.1 Å². The molecule has 18 heavy (non-hydrogen) atoms. The summed E-state index contributed by atoms with van der Waals surface area (Å²) in [5.74, 6) is 0.746. The van der Waals surface area contributed by atoms with Crippen LogP contribution in [0.4, 0.5) is 0 Å². The highest BCUT2D eigenvalue weighted by molar-refractivity contribution is 5.97. The van der Waals surface area contributed by atoms with E-state index in [2.05, 4.69) is 15.3 Å². The van der Waals surface area contributed by atoms with Crippen molar-refractivity contribution in [3.05, 3.63) is 34.2 Å². The zero-order valence-corrected chi connectivity index (χ0v) is 10.2. The molecule has 7 nitrogen and oxygen atoms in total. The molecule has 7 heteroatoms. The van der Waals surface area contributed by atoms with Gasteiger partial charge >= 0.3 is 0 Å². The zero-order valence-electron chi connectivity index (χ0n) is 10.2. The monoisotopic (exact) mass is 250 g/mol. The summed E-state index contributed by atoms with van der Waals surface area (Å²) in [6.07, 6.45) is 0. The second-order valence-electron chi connectivity index (χ2n) is 3.28. The van der Waals surface area contributed by atoms with Gasteiger partial charge in [0.05, 0.1) is 19.8 Å². The Balaban J connectivity index is 2.75. The summed E-state index contributed by atoms with van der Waals surface area (Å²) in [4.78, 5) is 14.4. The van der Waals surface area contributed by atoms with E-state index in [0.29, 0.717) is 17.1 Å². The quantitative estimate of drug-likeness (QED) is 0.360. The highest BCUT2D eigenvalue weighted by Crippen LogP contribution is 2.24. The van der Waals surface area contributed by atoms with Crippen LogP contribution in [0.3, 0.4) is 0 Å². The van der Waals surface area contributed by atoms with Crippen molar-refractivity contribution in [1.82, 2.24) is 5.32 Å². The van der Waals surface area contributed by atoms with E-state index >= 15 is 0 Å². The summed E-state index contributed by atoms with van der Waals surface area (Å²) in [7, 11) is 3.01. The average molecular weight is 250 g/mol. The Kier molecular flexibility index (Phi) is 5.34. The van der Waals surface area contributed by atoms with Gasteiger partial charge in [-0.3, -0.25) is 4.79 Å². The molecule has 0 fully saturated rings. The van der Waals surface area contributed by atoms with Gasteiger partial charge in [-0.1, -0.05) is 5.11 Å². The lowest BCUT2D eigenvalue weighted by atomic mass is 10.1. The molecule has 96 valence electrons. The topological polar surface area (TPSA) is 96.3 Å². The van der Waals surface area contributed by atoms with Crippen LogP contribution < -0.4 is 14.8 Å². The van der Waals surface area contributed by atoms with Gasteiger partial charge in [0.25, 0.3) is 5.91 Å². The van der Waals surface area contributed by atoms with Gasteiger partial charge < -0.3 is 14.8 Å². The number of nitrogens with one attached hydrogen (secondary N) is 1. The van der Waals surface area contributed by atoms with E-state index in [0.717, 1.165) is 0 Å². The minimum absolute atomic E-state index is 0.209. The van der Waals surface area contributed by atoms with Gasteiger partial charge in [0.1, 0.15) is 11.5 Å². The SMILES string of the molecule is COc1ccc(C(=O)NCCN=[N+]=[N-])c(OC)c1. The van der Waals surface area contributed by atoms with Crippen LogP contribution in [0.1, 0.15) is 10.4 Å². The summed E-state index contributed by atoms with van der Waals surface area (Å²) in [5.41, 5.74) is 8.50. The van der Waals surface area contributed by atoms with Gasteiger partial charge in [0.15, 0.2) is 0 Å². The molecule has 0 spiro atoms. The Hall–Kier alpha value is -2.40. The second-order valence-corrected chi connectivity index (χ2v) is 3.28. The standard InChI is InChI=1S/C11H14N4O3/c1-17-8-3-4-9(10(7-8)18-2)11(16)13-5-6-14-15-12/h3-4,7H,5-6H2,1-2H3,(H,13,16). The summed E-state index contributed by atoms with van der Waals surface area (Å²) in [5, 5.41) is 5.94. The van der Waals surface area contributed by atoms with Gasteiger partial charge in [-0.2, -0.15) is 0 Å². The Bertz CT molecular complexity index is 469. The van der Waals surface area contributed by atoms with Gasteiger partial charge in [-0.05, 0) is 17.7 Å². The number of benzene rings is 1. The van der Waals surface area contributed by atoms with E-state index in [1.165, 1.54) is 14.2 Å². The number of rotatable bonds is 6. The molecule has 1 N–H and O–H groups in total. The molecule has 1 rings (SSSR count). The van der Waals surface area contributed by atoms with Crippen LogP contribution in [0.5, 0.6) is 11.5 Å². The minimum atomic E-state index is -0.289. The first-order chi connectivity index (χ1) is 8.72. The van der Waals surface area contributed by atoms with E-state index in [4.69, 9.17) is 15.0 Å². The Morgan fingerprint density at radius 2 is 2.22 bits per heavy atom. The lowest BCUT2D eigenvalue weighted by molar-refractivity contribution is 0.0951. The number of hydrogen-bond donors (Lipinski definition) is 1. The number of azide groups is 1. The van der Waals surface area contributed by atoms with Crippen molar-refractivity contribution < 1.29 is 14.3 Å². The van der Waals surface area contributed by atoms with Crippen molar-refractivity contribution in [2.45, 2.75) is 0 Å². The molecule has 1 aromatic carbocycles. The molecule has 1 aromatic rings. The van der Waals surface area contributed by atoms with Crippen molar-refractivity contribution in [3.8, 4) is 11.5 Å². The van der Waals surface area contributed by atoms with Gasteiger partial charge in [0.2, 0.25) is 0 Å². The molecule has 0 saturated heterocycles. The van der Waals surface area contributed by atoms with Crippen LogP contribution in [0.15, 0.2) is 23.3 Å². The molecule has 0 aliphatic rings. The van der Waals surface area contributed by atoms with Crippen molar-refractivity contribution in [1.29, 1.82) is 0 Å². The lowest BCUT2D eigenvalue weighted by Crippen LogP contribution is -2.26. The second kappa shape index (κ2) is 7.03. The number of ether oxygens (including phenoxy) is 2. The predicted octanol–water partition coefficient (Wildman–Crippen LogP) is 1.74. The van der Waals surface area contributed by atoms with Crippen molar-refractivity contribution in [2.24, 2.45) is 5.11 Å². The van der Waals surface area contributed by atoms with E-state index in [1.807, 2.05) is 0 Å². The normalized spacial score (nSPS) is 9.22. The van der Waals surface area contributed by atoms with E-state index < -0.39 is 0 Å². The highest BCUT2D eigenvalue weighted by Gasteiger charge is 2.12. The number of methoxy groups -OCH3 is 2. The zero-order chi connectivity index (χ0) is 13.4. The first kappa shape index (κ1) is 13.7. The maximum absolute atomic E-state index is 11.8. The number of amides is 1. The lowest BCUT2D eigenvalue weighted by Gasteiger charge is -2.10. The fraction of sp³-hybridized carbons (Fsp3) is 0.364. The first-order valence-corrected chi connectivity index (χ1v) is 5.24. The van der Waals surface area contributed by atoms with E-state index in [1.54, 1.807) is 18.2 Å². The van der Waals surface area contributed by atoms with Gasteiger partial charge in [-0.25, -0.2) is 0 Å². The van der Waals surface area contributed by atoms with Crippen molar-refractivity contribution in [3.63, 3.8) is 0 Å². The largest absolute Gasteiger partial charge is 0.497 e. The Morgan fingerprint density at radius 1 is 1.44 bits per heavy atom. The number of carbonyl (C=O) groups excluding carboxylic acids is 1. The summed E-state index contributed by atoms with van der Waals surface area (Å²) < 4.78 is 10.2. The summed E-state index contributed by atoms with van der Waals surface area (Å²) >= 11 is 0. The molecular weight excluding hydrogens is 236 g/mol. The van der Waals surface area contributed by atoms with Crippen LogP contribution in [0.2, 0.25) is 0 Å². The first-order valence-electron chi connectivity index (χ1n) is 5.24. The van der Waals surface area contributed by atoms with Crippen LogP contribution in [0, 0.1) is 0 Å². The molecule has 0 aliphatic heterocycles. The predicted molar refractivity (Wildman–Crippen MR) is 65.9 cm³/mol. The molecule has 0 aromatic heterocycles.